The summed E-state index contributed by atoms with van der Waals surface area (Å²) in [4.78, 5) is 0. The van der Waals surface area contributed by atoms with Crippen LogP contribution < -0.4 is 14.8 Å². The van der Waals surface area contributed by atoms with Crippen LogP contribution in [0.2, 0.25) is 10.0 Å². The van der Waals surface area contributed by atoms with Crippen LogP contribution >= 0.6 is 23.2 Å². The van der Waals surface area contributed by atoms with Crippen molar-refractivity contribution in [2.75, 3.05) is 19.5 Å². The quantitative estimate of drug-likeness (QED) is 0.873. The Kier molecular flexibility index (Phi) is 4.99. The molecular formula is C15H15Cl2NO2. The molecule has 0 aliphatic heterocycles. The number of benzene rings is 2. The lowest BCUT2D eigenvalue weighted by atomic mass is 10.2. The second kappa shape index (κ2) is 6.73. The summed E-state index contributed by atoms with van der Waals surface area (Å²) < 4.78 is 10.5. The van der Waals surface area contributed by atoms with Gasteiger partial charge in [0.1, 0.15) is 0 Å². The number of ether oxygens (including phenoxy) is 2. The molecule has 0 unspecified atom stereocenters. The van der Waals surface area contributed by atoms with Crippen LogP contribution in [0, 0.1) is 0 Å². The zero-order valence-corrected chi connectivity index (χ0v) is 12.8. The first-order valence-electron chi connectivity index (χ1n) is 6.04. The van der Waals surface area contributed by atoms with E-state index in [9.17, 15) is 0 Å². The number of halogens is 2. The summed E-state index contributed by atoms with van der Waals surface area (Å²) in [7, 11) is 3.15. The number of nitrogens with one attached hydrogen (secondary N) is 1. The van der Waals surface area contributed by atoms with Crippen molar-refractivity contribution < 1.29 is 9.47 Å². The molecule has 2 aromatic rings. The van der Waals surface area contributed by atoms with Gasteiger partial charge in [0.25, 0.3) is 0 Å². The molecule has 0 heterocycles. The molecule has 1 N–H and O–H groups in total. The zero-order chi connectivity index (χ0) is 14.5. The number of hydrogen-bond donors (Lipinski definition) is 1. The highest BCUT2D eigenvalue weighted by atomic mass is 35.5. The van der Waals surface area contributed by atoms with Crippen LogP contribution in [0.25, 0.3) is 0 Å². The summed E-state index contributed by atoms with van der Waals surface area (Å²) in [6, 6.07) is 11.3. The standard InChI is InChI=1S/C15H15Cl2NO2/c1-19-14-8-10(7-13(17)15(14)20-2)9-18-12-5-3-11(16)4-6-12/h3-8,18H,9H2,1-2H3. The maximum atomic E-state index is 6.17. The van der Waals surface area contributed by atoms with Crippen molar-refractivity contribution >= 4 is 28.9 Å². The van der Waals surface area contributed by atoms with Crippen molar-refractivity contribution in [1.29, 1.82) is 0 Å². The van der Waals surface area contributed by atoms with Gasteiger partial charge in [-0.05, 0) is 42.0 Å². The van der Waals surface area contributed by atoms with E-state index < -0.39 is 0 Å². The van der Waals surface area contributed by atoms with Gasteiger partial charge in [-0.2, -0.15) is 0 Å². The van der Waals surface area contributed by atoms with Gasteiger partial charge in [0.2, 0.25) is 0 Å². The number of hydrogen-bond acceptors (Lipinski definition) is 3. The van der Waals surface area contributed by atoms with E-state index in [1.54, 1.807) is 14.2 Å². The molecule has 2 rings (SSSR count). The van der Waals surface area contributed by atoms with Crippen LogP contribution in [-0.4, -0.2) is 14.2 Å². The molecule has 0 aliphatic rings. The molecule has 0 saturated carbocycles. The lowest BCUT2D eigenvalue weighted by Crippen LogP contribution is -2.01. The molecular weight excluding hydrogens is 297 g/mol. The fraction of sp³-hybridized carbons (Fsp3) is 0.200. The van der Waals surface area contributed by atoms with E-state index in [-0.39, 0.29) is 0 Å². The third kappa shape index (κ3) is 3.50. The number of methoxy groups -OCH3 is 2. The first-order chi connectivity index (χ1) is 9.63. The largest absolute Gasteiger partial charge is 0.493 e. The molecule has 3 nitrogen and oxygen atoms in total. The van der Waals surface area contributed by atoms with Gasteiger partial charge >= 0.3 is 0 Å². The Bertz CT molecular complexity index is 585. The van der Waals surface area contributed by atoms with Crippen LogP contribution in [0.1, 0.15) is 5.56 Å². The highest BCUT2D eigenvalue weighted by molar-refractivity contribution is 6.32. The van der Waals surface area contributed by atoms with E-state index in [4.69, 9.17) is 32.7 Å². The summed E-state index contributed by atoms with van der Waals surface area (Å²) >= 11 is 12.0. The van der Waals surface area contributed by atoms with Crippen molar-refractivity contribution in [3.05, 3.63) is 52.0 Å². The van der Waals surface area contributed by atoms with Gasteiger partial charge in [0, 0.05) is 17.3 Å². The van der Waals surface area contributed by atoms with Crippen LogP contribution in [0.3, 0.4) is 0 Å². The topological polar surface area (TPSA) is 30.5 Å². The normalized spacial score (nSPS) is 10.2. The minimum Gasteiger partial charge on any atom is -0.493 e. The Morgan fingerprint density at radius 3 is 2.30 bits per heavy atom. The molecule has 0 fully saturated rings. The van der Waals surface area contributed by atoms with Crippen LogP contribution in [0.4, 0.5) is 5.69 Å². The Morgan fingerprint density at radius 1 is 1.00 bits per heavy atom. The Morgan fingerprint density at radius 2 is 1.70 bits per heavy atom. The zero-order valence-electron chi connectivity index (χ0n) is 11.2. The molecule has 0 atom stereocenters. The maximum absolute atomic E-state index is 6.17. The second-order valence-electron chi connectivity index (χ2n) is 4.17. The SMILES string of the molecule is COc1cc(CNc2ccc(Cl)cc2)cc(Cl)c1OC. The first-order valence-corrected chi connectivity index (χ1v) is 6.79. The van der Waals surface area contributed by atoms with Gasteiger partial charge in [-0.25, -0.2) is 0 Å². The average molecular weight is 312 g/mol. The highest BCUT2D eigenvalue weighted by Crippen LogP contribution is 2.36. The van der Waals surface area contributed by atoms with Crippen molar-refractivity contribution in [3.63, 3.8) is 0 Å². The van der Waals surface area contributed by atoms with E-state index >= 15 is 0 Å². The first kappa shape index (κ1) is 14.8. The predicted octanol–water partition coefficient (Wildman–Crippen LogP) is 4.62. The molecule has 106 valence electrons. The fourth-order valence-corrected chi connectivity index (χ4v) is 2.28. The molecule has 0 aliphatic carbocycles. The molecule has 0 amide bonds. The van der Waals surface area contributed by atoms with Gasteiger partial charge in [0.15, 0.2) is 11.5 Å². The molecule has 0 radical (unpaired) electrons. The van der Waals surface area contributed by atoms with Crippen molar-refractivity contribution in [2.45, 2.75) is 6.54 Å². The summed E-state index contributed by atoms with van der Waals surface area (Å²) in [6.07, 6.45) is 0. The second-order valence-corrected chi connectivity index (χ2v) is 5.02. The smallest absolute Gasteiger partial charge is 0.179 e. The Labute approximate surface area is 128 Å². The molecule has 0 saturated heterocycles. The minimum absolute atomic E-state index is 0.528. The molecule has 2 aromatic carbocycles. The number of rotatable bonds is 5. The summed E-state index contributed by atoms with van der Waals surface area (Å²) in [5.41, 5.74) is 1.99. The van der Waals surface area contributed by atoms with Gasteiger partial charge in [-0.1, -0.05) is 23.2 Å². The van der Waals surface area contributed by atoms with Gasteiger partial charge in [-0.15, -0.1) is 0 Å². The molecule has 0 aromatic heterocycles. The van der Waals surface area contributed by atoms with Crippen molar-refractivity contribution in [3.8, 4) is 11.5 Å². The minimum atomic E-state index is 0.528. The highest BCUT2D eigenvalue weighted by Gasteiger charge is 2.10. The molecule has 5 heteroatoms. The Balaban J connectivity index is 2.13. The lowest BCUT2D eigenvalue weighted by molar-refractivity contribution is 0.355. The van der Waals surface area contributed by atoms with Gasteiger partial charge in [-0.3, -0.25) is 0 Å². The average Bonchev–Trinajstić information content (AvgIpc) is 2.46. The third-order valence-electron chi connectivity index (χ3n) is 2.83. The Hall–Kier alpha value is -1.58. The third-order valence-corrected chi connectivity index (χ3v) is 3.37. The van der Waals surface area contributed by atoms with Crippen LogP contribution in [0.15, 0.2) is 36.4 Å². The summed E-state index contributed by atoms with van der Waals surface area (Å²) in [6.45, 7) is 0.627. The van der Waals surface area contributed by atoms with Crippen LogP contribution in [-0.2, 0) is 6.54 Å². The van der Waals surface area contributed by atoms with E-state index in [0.717, 1.165) is 11.3 Å². The van der Waals surface area contributed by atoms with E-state index in [0.29, 0.717) is 28.1 Å². The van der Waals surface area contributed by atoms with Crippen molar-refractivity contribution in [1.82, 2.24) is 0 Å². The summed E-state index contributed by atoms with van der Waals surface area (Å²) in [5, 5.41) is 4.53. The fourth-order valence-electron chi connectivity index (χ4n) is 1.85. The molecule has 20 heavy (non-hydrogen) atoms. The van der Waals surface area contributed by atoms with Gasteiger partial charge in [0.05, 0.1) is 19.2 Å². The van der Waals surface area contributed by atoms with E-state index in [1.807, 2.05) is 36.4 Å². The number of anilines is 1. The van der Waals surface area contributed by atoms with Crippen LogP contribution in [0.5, 0.6) is 11.5 Å². The maximum Gasteiger partial charge on any atom is 0.179 e. The predicted molar refractivity (Wildman–Crippen MR) is 83.3 cm³/mol. The van der Waals surface area contributed by atoms with E-state index in [1.165, 1.54) is 0 Å². The van der Waals surface area contributed by atoms with Gasteiger partial charge < -0.3 is 14.8 Å². The lowest BCUT2D eigenvalue weighted by Gasteiger charge is -2.12. The van der Waals surface area contributed by atoms with Crippen molar-refractivity contribution in [2.24, 2.45) is 0 Å². The molecule has 0 spiro atoms. The van der Waals surface area contributed by atoms with E-state index in [2.05, 4.69) is 5.32 Å². The summed E-state index contributed by atoms with van der Waals surface area (Å²) in [5.74, 6) is 1.16. The molecule has 0 bridgehead atoms. The monoisotopic (exact) mass is 311 g/mol.